The zero-order valence-corrected chi connectivity index (χ0v) is 15.3. The number of aliphatic carboxylic acids is 1. The molecule has 0 radical (unpaired) electrons. The molecular weight excluding hydrogens is 320 g/mol. The highest BCUT2D eigenvalue weighted by molar-refractivity contribution is 5.92. The first-order valence-electron chi connectivity index (χ1n) is 9.81. The van der Waals surface area contributed by atoms with Gasteiger partial charge in [0.2, 0.25) is 11.8 Å². The van der Waals surface area contributed by atoms with Crippen LogP contribution in [0.25, 0.3) is 0 Å². The molecule has 0 aliphatic heterocycles. The Hall–Kier alpha value is -1.59. The first kappa shape index (κ1) is 19.7. The molecule has 0 saturated heterocycles. The SMILES string of the molecule is CCCCNC(=O)C1(NC(=O)C2CCCC(C(=O)O)C2)CCCCC1. The summed E-state index contributed by atoms with van der Waals surface area (Å²) < 4.78 is 0. The molecule has 6 nitrogen and oxygen atoms in total. The van der Waals surface area contributed by atoms with Crippen molar-refractivity contribution in [1.82, 2.24) is 10.6 Å². The number of hydrogen-bond acceptors (Lipinski definition) is 3. The molecule has 2 saturated carbocycles. The van der Waals surface area contributed by atoms with Gasteiger partial charge in [-0.1, -0.05) is 39.0 Å². The zero-order valence-electron chi connectivity index (χ0n) is 15.3. The van der Waals surface area contributed by atoms with Gasteiger partial charge < -0.3 is 15.7 Å². The van der Waals surface area contributed by atoms with Crippen LogP contribution in [0.2, 0.25) is 0 Å². The summed E-state index contributed by atoms with van der Waals surface area (Å²) in [5.74, 6) is -1.76. The molecule has 2 rings (SSSR count). The lowest BCUT2D eigenvalue weighted by molar-refractivity contribution is -0.145. The van der Waals surface area contributed by atoms with Crippen LogP contribution in [0, 0.1) is 11.8 Å². The standard InChI is InChI=1S/C19H32N2O4/c1-2-3-12-20-18(25)19(10-5-4-6-11-19)21-16(22)14-8-7-9-15(13-14)17(23)24/h14-15H,2-13H2,1H3,(H,20,25)(H,21,22)(H,23,24). The molecule has 2 aliphatic rings. The largest absolute Gasteiger partial charge is 0.481 e. The van der Waals surface area contributed by atoms with E-state index in [1.54, 1.807) is 0 Å². The Morgan fingerprint density at radius 3 is 2.36 bits per heavy atom. The van der Waals surface area contributed by atoms with E-state index in [2.05, 4.69) is 17.6 Å². The van der Waals surface area contributed by atoms with Gasteiger partial charge in [0, 0.05) is 12.5 Å². The molecule has 2 atom stereocenters. The highest BCUT2D eigenvalue weighted by Crippen LogP contribution is 2.32. The van der Waals surface area contributed by atoms with E-state index in [1.165, 1.54) is 0 Å². The van der Waals surface area contributed by atoms with E-state index in [9.17, 15) is 19.5 Å². The van der Waals surface area contributed by atoms with Gasteiger partial charge in [0.15, 0.2) is 0 Å². The second kappa shape index (κ2) is 9.20. The van der Waals surface area contributed by atoms with Crippen molar-refractivity contribution in [2.45, 2.75) is 83.1 Å². The van der Waals surface area contributed by atoms with Gasteiger partial charge in [-0.2, -0.15) is 0 Å². The van der Waals surface area contributed by atoms with Crippen molar-refractivity contribution in [3.63, 3.8) is 0 Å². The third kappa shape index (κ3) is 5.19. The Balaban J connectivity index is 2.01. The number of carbonyl (C=O) groups excluding carboxylic acids is 2. The Bertz CT molecular complexity index is 486. The van der Waals surface area contributed by atoms with Crippen molar-refractivity contribution in [3.05, 3.63) is 0 Å². The summed E-state index contributed by atoms with van der Waals surface area (Å²) >= 11 is 0. The van der Waals surface area contributed by atoms with Crippen molar-refractivity contribution in [1.29, 1.82) is 0 Å². The number of hydrogen-bond donors (Lipinski definition) is 3. The van der Waals surface area contributed by atoms with Gasteiger partial charge in [-0.05, 0) is 38.5 Å². The minimum absolute atomic E-state index is 0.0698. The molecule has 0 aromatic carbocycles. The maximum atomic E-state index is 12.8. The zero-order chi connectivity index (χ0) is 18.3. The molecule has 0 heterocycles. The number of rotatable bonds is 7. The minimum atomic E-state index is -0.817. The molecule has 3 N–H and O–H groups in total. The van der Waals surface area contributed by atoms with Crippen molar-refractivity contribution < 1.29 is 19.5 Å². The van der Waals surface area contributed by atoms with Gasteiger partial charge >= 0.3 is 5.97 Å². The smallest absolute Gasteiger partial charge is 0.306 e. The fourth-order valence-corrected chi connectivity index (χ4v) is 4.10. The molecule has 0 spiro atoms. The van der Waals surface area contributed by atoms with E-state index in [0.717, 1.165) is 38.5 Å². The average molecular weight is 352 g/mol. The third-order valence-corrected chi connectivity index (χ3v) is 5.71. The molecule has 2 fully saturated rings. The van der Waals surface area contributed by atoms with E-state index in [1.807, 2.05) is 0 Å². The fraction of sp³-hybridized carbons (Fsp3) is 0.842. The predicted molar refractivity (Wildman–Crippen MR) is 95.0 cm³/mol. The van der Waals surface area contributed by atoms with E-state index < -0.39 is 17.4 Å². The van der Waals surface area contributed by atoms with Crippen LogP contribution in [0.4, 0.5) is 0 Å². The normalized spacial score (nSPS) is 25.8. The number of carbonyl (C=O) groups is 3. The van der Waals surface area contributed by atoms with E-state index in [4.69, 9.17) is 0 Å². The predicted octanol–water partition coefficient (Wildman–Crippen LogP) is 2.61. The van der Waals surface area contributed by atoms with Gasteiger partial charge in [0.05, 0.1) is 5.92 Å². The highest BCUT2D eigenvalue weighted by atomic mass is 16.4. The number of unbranched alkanes of at least 4 members (excludes halogenated alkanes) is 1. The van der Waals surface area contributed by atoms with Gasteiger partial charge in [0.25, 0.3) is 0 Å². The van der Waals surface area contributed by atoms with Gasteiger partial charge in [0.1, 0.15) is 5.54 Å². The third-order valence-electron chi connectivity index (χ3n) is 5.71. The topological polar surface area (TPSA) is 95.5 Å². The molecule has 0 aromatic rings. The first-order valence-corrected chi connectivity index (χ1v) is 9.81. The monoisotopic (exact) mass is 352 g/mol. The van der Waals surface area contributed by atoms with E-state index in [-0.39, 0.29) is 17.7 Å². The molecule has 6 heteroatoms. The maximum Gasteiger partial charge on any atom is 0.306 e. The van der Waals surface area contributed by atoms with Crippen LogP contribution in [0.15, 0.2) is 0 Å². The summed E-state index contributed by atoms with van der Waals surface area (Å²) in [5, 5.41) is 15.2. The van der Waals surface area contributed by atoms with Crippen LogP contribution in [0.1, 0.15) is 77.6 Å². The van der Waals surface area contributed by atoms with Crippen LogP contribution >= 0.6 is 0 Å². The van der Waals surface area contributed by atoms with Crippen LogP contribution in [-0.4, -0.2) is 35.0 Å². The molecule has 142 valence electrons. The molecule has 2 amide bonds. The average Bonchev–Trinajstić information content (AvgIpc) is 2.62. The number of nitrogens with one attached hydrogen (secondary N) is 2. The number of carboxylic acid groups (broad SMARTS) is 1. The van der Waals surface area contributed by atoms with Gasteiger partial charge in [-0.25, -0.2) is 0 Å². The van der Waals surface area contributed by atoms with Crippen molar-refractivity contribution in [2.24, 2.45) is 11.8 Å². The first-order chi connectivity index (χ1) is 12.0. The lowest BCUT2D eigenvalue weighted by Gasteiger charge is -2.38. The Morgan fingerprint density at radius 2 is 1.72 bits per heavy atom. The molecular formula is C19H32N2O4. The van der Waals surface area contributed by atoms with Crippen LogP contribution < -0.4 is 10.6 Å². The summed E-state index contributed by atoms with van der Waals surface area (Å²) in [7, 11) is 0. The summed E-state index contributed by atoms with van der Waals surface area (Å²) in [6, 6.07) is 0. The molecule has 0 bridgehead atoms. The highest BCUT2D eigenvalue weighted by Gasteiger charge is 2.42. The number of amides is 2. The van der Waals surface area contributed by atoms with Gasteiger partial charge in [-0.15, -0.1) is 0 Å². The fourth-order valence-electron chi connectivity index (χ4n) is 4.10. The minimum Gasteiger partial charge on any atom is -0.481 e. The van der Waals surface area contributed by atoms with E-state index >= 15 is 0 Å². The summed E-state index contributed by atoms with van der Waals surface area (Å²) in [6.07, 6.45) is 8.73. The van der Waals surface area contributed by atoms with Crippen molar-refractivity contribution in [2.75, 3.05) is 6.54 Å². The molecule has 2 unspecified atom stereocenters. The van der Waals surface area contributed by atoms with Crippen molar-refractivity contribution >= 4 is 17.8 Å². The van der Waals surface area contributed by atoms with E-state index in [0.29, 0.717) is 38.6 Å². The second-order valence-corrected chi connectivity index (χ2v) is 7.64. The van der Waals surface area contributed by atoms with Crippen LogP contribution in [0.5, 0.6) is 0 Å². The second-order valence-electron chi connectivity index (χ2n) is 7.64. The maximum absolute atomic E-state index is 12.8. The van der Waals surface area contributed by atoms with Gasteiger partial charge in [-0.3, -0.25) is 14.4 Å². The van der Waals surface area contributed by atoms with Crippen LogP contribution in [-0.2, 0) is 14.4 Å². The lowest BCUT2D eigenvalue weighted by atomic mass is 9.78. The lowest BCUT2D eigenvalue weighted by Crippen LogP contribution is -2.61. The summed E-state index contributed by atoms with van der Waals surface area (Å²) in [6.45, 7) is 2.71. The number of carboxylic acids is 1. The Morgan fingerprint density at radius 1 is 1.04 bits per heavy atom. The summed E-state index contributed by atoms with van der Waals surface area (Å²) in [5.41, 5.74) is -0.806. The van der Waals surface area contributed by atoms with Crippen LogP contribution in [0.3, 0.4) is 0 Å². The van der Waals surface area contributed by atoms with Crippen molar-refractivity contribution in [3.8, 4) is 0 Å². The Labute approximate surface area is 150 Å². The summed E-state index contributed by atoms with van der Waals surface area (Å²) in [4.78, 5) is 36.8. The molecule has 0 aromatic heterocycles. The molecule has 2 aliphatic carbocycles. The Kier molecular flexibility index (Phi) is 7.26. The quantitative estimate of drug-likeness (QED) is 0.614. The molecule has 25 heavy (non-hydrogen) atoms.